The van der Waals surface area contributed by atoms with E-state index in [1.54, 1.807) is 4.57 Å². The molecule has 0 radical (unpaired) electrons. The molecule has 0 fully saturated rings. The van der Waals surface area contributed by atoms with Gasteiger partial charge in [0.25, 0.3) is 0 Å². The quantitative estimate of drug-likeness (QED) is 0.316. The van der Waals surface area contributed by atoms with Crippen molar-refractivity contribution in [1.29, 1.82) is 0 Å². The van der Waals surface area contributed by atoms with Crippen LogP contribution in [0.4, 0.5) is 0 Å². The Balaban J connectivity index is 0.00000289. The zero-order valence-corrected chi connectivity index (χ0v) is 15.0. The molecule has 1 rings (SSSR count). The molecule has 6 nitrogen and oxygen atoms in total. The zero-order chi connectivity index (χ0) is 13.1. The maximum absolute atomic E-state index is 11.2. The van der Waals surface area contributed by atoms with E-state index in [-0.39, 0.29) is 62.7 Å². The molecule has 0 spiro atoms. The standard InChI is InChI=1S/C9H13NO5S2.K/c1-16(11,12)9-3-6-10(7-4-9)5-2-8-17(13,14)15;/h3-4,6-7H,2,5,8H2,1H3;/q;+1. The third kappa shape index (κ3) is 7.29. The van der Waals surface area contributed by atoms with Gasteiger partial charge in [0.2, 0.25) is 0 Å². The van der Waals surface area contributed by atoms with Gasteiger partial charge in [0.15, 0.2) is 22.2 Å². The van der Waals surface area contributed by atoms with Gasteiger partial charge in [-0.1, -0.05) is 0 Å². The molecule has 0 saturated heterocycles. The van der Waals surface area contributed by atoms with Gasteiger partial charge in [0.05, 0.1) is 15.0 Å². The van der Waals surface area contributed by atoms with Crippen molar-refractivity contribution in [3.05, 3.63) is 24.5 Å². The first-order chi connectivity index (χ1) is 7.68. The molecule has 0 amide bonds. The maximum Gasteiger partial charge on any atom is 1.00 e. The molecule has 0 aliphatic rings. The topological polar surface area (TPSA) is 95.2 Å². The molecule has 1 aromatic heterocycles. The SMILES string of the molecule is CS(=O)(=O)c1cc[n+](CCCS(=O)(=O)[O-])cc1.[K+]. The van der Waals surface area contributed by atoms with Crippen molar-refractivity contribution in [2.75, 3.05) is 12.0 Å². The van der Waals surface area contributed by atoms with Gasteiger partial charge < -0.3 is 4.55 Å². The molecule has 0 unspecified atom stereocenters. The van der Waals surface area contributed by atoms with E-state index in [0.717, 1.165) is 6.26 Å². The molecular weight excluding hydrogens is 305 g/mol. The van der Waals surface area contributed by atoms with Crippen LogP contribution in [0.15, 0.2) is 29.4 Å². The average molecular weight is 318 g/mol. The summed E-state index contributed by atoms with van der Waals surface area (Å²) in [5, 5.41) is 0. The minimum atomic E-state index is -4.18. The van der Waals surface area contributed by atoms with Gasteiger partial charge in [0.1, 0.15) is 6.54 Å². The van der Waals surface area contributed by atoms with E-state index in [1.807, 2.05) is 0 Å². The van der Waals surface area contributed by atoms with E-state index in [9.17, 15) is 21.4 Å². The van der Waals surface area contributed by atoms with E-state index in [1.165, 1.54) is 24.5 Å². The van der Waals surface area contributed by atoms with E-state index in [0.29, 0.717) is 6.54 Å². The molecule has 0 aromatic carbocycles. The third-order valence-corrected chi connectivity index (χ3v) is 4.02. The largest absolute Gasteiger partial charge is 1.00 e. The van der Waals surface area contributed by atoms with Gasteiger partial charge >= 0.3 is 51.4 Å². The molecule has 1 heterocycles. The van der Waals surface area contributed by atoms with E-state index < -0.39 is 25.7 Å². The smallest absolute Gasteiger partial charge is 0.748 e. The summed E-state index contributed by atoms with van der Waals surface area (Å²) in [6.07, 6.45) is 4.38. The van der Waals surface area contributed by atoms with Crippen LogP contribution in [-0.2, 0) is 26.5 Å². The Morgan fingerprint density at radius 1 is 1.17 bits per heavy atom. The van der Waals surface area contributed by atoms with Crippen LogP contribution in [0.2, 0.25) is 0 Å². The van der Waals surface area contributed by atoms with Crippen molar-refractivity contribution in [2.24, 2.45) is 0 Å². The van der Waals surface area contributed by atoms with Crippen molar-refractivity contribution in [1.82, 2.24) is 0 Å². The van der Waals surface area contributed by atoms with Crippen LogP contribution in [0.1, 0.15) is 6.42 Å². The summed E-state index contributed by atoms with van der Waals surface area (Å²) in [6.45, 7) is 0.353. The van der Waals surface area contributed by atoms with Crippen molar-refractivity contribution >= 4 is 20.0 Å². The number of aryl methyl sites for hydroxylation is 1. The first-order valence-electron chi connectivity index (χ1n) is 4.81. The maximum atomic E-state index is 11.2. The second kappa shape index (κ2) is 7.43. The number of hydrogen-bond donors (Lipinski definition) is 0. The van der Waals surface area contributed by atoms with E-state index >= 15 is 0 Å². The summed E-state index contributed by atoms with van der Waals surface area (Å²) >= 11 is 0. The van der Waals surface area contributed by atoms with Crippen LogP contribution >= 0.6 is 0 Å². The summed E-state index contributed by atoms with van der Waals surface area (Å²) in [7, 11) is -7.41. The summed E-state index contributed by atoms with van der Waals surface area (Å²) < 4.78 is 55.0. The van der Waals surface area contributed by atoms with Gasteiger partial charge in [-0.2, -0.15) is 0 Å². The molecule has 96 valence electrons. The summed E-state index contributed by atoms with van der Waals surface area (Å²) in [4.78, 5) is 0.199. The van der Waals surface area contributed by atoms with Gasteiger partial charge in [0, 0.05) is 30.6 Å². The Labute approximate surface area is 149 Å². The monoisotopic (exact) mass is 318 g/mol. The van der Waals surface area contributed by atoms with Crippen molar-refractivity contribution < 1.29 is 77.3 Å². The molecule has 18 heavy (non-hydrogen) atoms. The van der Waals surface area contributed by atoms with Crippen LogP contribution in [0.3, 0.4) is 0 Å². The van der Waals surface area contributed by atoms with Crippen molar-refractivity contribution in [2.45, 2.75) is 17.9 Å². The summed E-state index contributed by atoms with van der Waals surface area (Å²) in [6, 6.07) is 2.86. The second-order valence-electron chi connectivity index (χ2n) is 3.66. The van der Waals surface area contributed by atoms with Crippen molar-refractivity contribution in [3.8, 4) is 0 Å². The average Bonchev–Trinajstić information content (AvgIpc) is 2.15. The van der Waals surface area contributed by atoms with Gasteiger partial charge in [-0.25, -0.2) is 21.4 Å². The summed E-state index contributed by atoms with van der Waals surface area (Å²) in [5.41, 5.74) is 0. The molecule has 0 atom stereocenters. The Kier molecular flexibility index (Phi) is 7.70. The molecule has 0 aliphatic carbocycles. The first kappa shape index (κ1) is 18.6. The molecule has 0 N–H and O–H groups in total. The molecule has 0 bridgehead atoms. The van der Waals surface area contributed by atoms with Crippen LogP contribution in [0, 0.1) is 0 Å². The van der Waals surface area contributed by atoms with E-state index in [2.05, 4.69) is 0 Å². The molecular formula is C9H13KNO5S2+. The zero-order valence-electron chi connectivity index (χ0n) is 10.2. The number of nitrogens with zero attached hydrogens (tertiary/aromatic N) is 1. The fourth-order valence-corrected chi connectivity index (χ4v) is 2.36. The minimum Gasteiger partial charge on any atom is -0.748 e. The number of aromatic nitrogens is 1. The molecule has 0 aliphatic heterocycles. The van der Waals surface area contributed by atoms with Crippen LogP contribution in [0.25, 0.3) is 0 Å². The Bertz CT molecular complexity index is 580. The minimum absolute atomic E-state index is 0. The van der Waals surface area contributed by atoms with E-state index in [4.69, 9.17) is 0 Å². The van der Waals surface area contributed by atoms with Crippen molar-refractivity contribution in [3.63, 3.8) is 0 Å². The first-order valence-corrected chi connectivity index (χ1v) is 8.28. The normalized spacial score (nSPS) is 11.9. The number of sulfone groups is 1. The number of rotatable bonds is 5. The van der Waals surface area contributed by atoms with Crippen LogP contribution in [-0.4, -0.2) is 33.4 Å². The molecule has 0 saturated carbocycles. The summed E-state index contributed by atoms with van der Waals surface area (Å²) in [5.74, 6) is -0.423. The predicted octanol–water partition coefficient (Wildman–Crippen LogP) is -3.68. The second-order valence-corrected chi connectivity index (χ2v) is 7.20. The Hall–Kier alpha value is 0.646. The molecule has 1 aromatic rings. The van der Waals surface area contributed by atoms with Gasteiger partial charge in [-0.3, -0.25) is 0 Å². The predicted molar refractivity (Wildman–Crippen MR) is 58.9 cm³/mol. The fraction of sp³-hybridized carbons (Fsp3) is 0.444. The Morgan fingerprint density at radius 3 is 2.06 bits per heavy atom. The fourth-order valence-electron chi connectivity index (χ4n) is 1.26. The van der Waals surface area contributed by atoms with Crippen LogP contribution < -0.4 is 56.0 Å². The molecule has 9 heteroatoms. The third-order valence-electron chi connectivity index (χ3n) is 2.10. The Morgan fingerprint density at radius 2 is 1.67 bits per heavy atom. The number of hydrogen-bond acceptors (Lipinski definition) is 5. The number of pyridine rings is 1. The van der Waals surface area contributed by atoms with Crippen LogP contribution in [0.5, 0.6) is 0 Å². The van der Waals surface area contributed by atoms with Gasteiger partial charge in [-0.15, -0.1) is 0 Å². The van der Waals surface area contributed by atoms with Gasteiger partial charge in [-0.05, 0) is 0 Å².